The van der Waals surface area contributed by atoms with Crippen molar-refractivity contribution in [3.63, 3.8) is 0 Å². The molecule has 0 fully saturated rings. The van der Waals surface area contributed by atoms with E-state index in [1.54, 1.807) is 6.20 Å². The minimum atomic E-state index is -0.222. The van der Waals surface area contributed by atoms with E-state index in [0.29, 0.717) is 5.71 Å². The number of anilines is 1. The lowest BCUT2D eigenvalue weighted by atomic mass is 10.1. The zero-order valence-corrected chi connectivity index (χ0v) is 10.9. The van der Waals surface area contributed by atoms with Gasteiger partial charge in [-0.3, -0.25) is 4.79 Å². The normalized spacial score (nSPS) is 15.2. The quantitative estimate of drug-likeness (QED) is 0.703. The number of nitrogens with zero attached hydrogens (tertiary/aromatic N) is 3. The van der Waals surface area contributed by atoms with Crippen LogP contribution in [0.1, 0.15) is 5.56 Å². The van der Waals surface area contributed by atoms with Crippen molar-refractivity contribution in [2.24, 2.45) is 5.10 Å². The fourth-order valence-electron chi connectivity index (χ4n) is 2.36. The Balaban J connectivity index is 1.71. The largest absolute Gasteiger partial charge is 0.320 e. The molecule has 1 aliphatic rings. The third-order valence-electron chi connectivity index (χ3n) is 3.38. The Hall–Kier alpha value is -3.15. The molecule has 0 unspecified atom stereocenters. The van der Waals surface area contributed by atoms with E-state index in [0.717, 1.165) is 22.2 Å². The molecule has 2 heterocycles. The lowest BCUT2D eigenvalue weighted by Crippen LogP contribution is -2.19. The van der Waals surface area contributed by atoms with Crippen molar-refractivity contribution < 1.29 is 4.79 Å². The van der Waals surface area contributed by atoms with Crippen LogP contribution < -0.4 is 10.9 Å². The molecule has 0 radical (unpaired) electrons. The zero-order valence-electron chi connectivity index (χ0n) is 10.9. The molecule has 6 nitrogen and oxygen atoms in total. The van der Waals surface area contributed by atoms with Gasteiger partial charge in [-0.25, -0.2) is 0 Å². The van der Waals surface area contributed by atoms with E-state index >= 15 is 0 Å². The van der Waals surface area contributed by atoms with Crippen molar-refractivity contribution >= 4 is 28.2 Å². The lowest BCUT2D eigenvalue weighted by molar-refractivity contribution is -0.110. The highest BCUT2D eigenvalue weighted by atomic mass is 16.2. The molecular formula is C15H11N5O. The monoisotopic (exact) mass is 277 g/mol. The van der Waals surface area contributed by atoms with Crippen LogP contribution >= 0.6 is 0 Å². The third kappa shape index (κ3) is 1.85. The van der Waals surface area contributed by atoms with Gasteiger partial charge in [-0.15, -0.1) is 0 Å². The number of hydrogen-bond acceptors (Lipinski definition) is 4. The van der Waals surface area contributed by atoms with E-state index in [1.165, 1.54) is 4.79 Å². The highest BCUT2D eigenvalue weighted by Crippen LogP contribution is 2.22. The Labute approximate surface area is 120 Å². The van der Waals surface area contributed by atoms with Gasteiger partial charge < -0.3 is 5.32 Å². The van der Waals surface area contributed by atoms with Crippen molar-refractivity contribution in [2.75, 3.05) is 10.9 Å². The van der Waals surface area contributed by atoms with Crippen LogP contribution in [-0.2, 0) is 4.79 Å². The SMILES string of the molecule is O=C1Nc2ccccc2C1=NNn1ncc2ccccc21. The highest BCUT2D eigenvalue weighted by Gasteiger charge is 2.25. The van der Waals surface area contributed by atoms with E-state index in [4.69, 9.17) is 0 Å². The maximum Gasteiger partial charge on any atom is 0.276 e. The molecule has 1 aromatic heterocycles. The Kier molecular flexibility index (Phi) is 2.47. The molecule has 2 N–H and O–H groups in total. The summed E-state index contributed by atoms with van der Waals surface area (Å²) in [6.07, 6.45) is 1.74. The van der Waals surface area contributed by atoms with Crippen molar-refractivity contribution in [3.8, 4) is 0 Å². The number of carbonyl (C=O) groups excluding carboxylic acids is 1. The first-order valence-electron chi connectivity index (χ1n) is 6.50. The van der Waals surface area contributed by atoms with Gasteiger partial charge in [-0.2, -0.15) is 20.5 Å². The zero-order chi connectivity index (χ0) is 14.2. The molecule has 0 bridgehead atoms. The summed E-state index contributed by atoms with van der Waals surface area (Å²) < 4.78 is 0. The average molecular weight is 277 g/mol. The summed E-state index contributed by atoms with van der Waals surface area (Å²) in [6.45, 7) is 0. The molecule has 4 rings (SSSR count). The molecule has 21 heavy (non-hydrogen) atoms. The molecule has 2 aromatic carbocycles. The number of hydrogen-bond donors (Lipinski definition) is 2. The molecule has 1 aliphatic heterocycles. The van der Waals surface area contributed by atoms with E-state index in [1.807, 2.05) is 48.5 Å². The van der Waals surface area contributed by atoms with Gasteiger partial charge in [-0.1, -0.05) is 36.4 Å². The van der Waals surface area contributed by atoms with Gasteiger partial charge in [0.15, 0.2) is 5.71 Å². The summed E-state index contributed by atoms with van der Waals surface area (Å²) in [7, 11) is 0. The van der Waals surface area contributed by atoms with Gasteiger partial charge >= 0.3 is 0 Å². The highest BCUT2D eigenvalue weighted by molar-refractivity contribution is 6.53. The predicted molar refractivity (Wildman–Crippen MR) is 80.7 cm³/mol. The molecular weight excluding hydrogens is 266 g/mol. The van der Waals surface area contributed by atoms with Crippen molar-refractivity contribution in [1.29, 1.82) is 0 Å². The topological polar surface area (TPSA) is 71.3 Å². The van der Waals surface area contributed by atoms with Crippen molar-refractivity contribution in [1.82, 2.24) is 9.89 Å². The maximum absolute atomic E-state index is 11.9. The van der Waals surface area contributed by atoms with Gasteiger partial charge in [0, 0.05) is 10.9 Å². The number of rotatable bonds is 2. The van der Waals surface area contributed by atoms with Gasteiger partial charge in [0.2, 0.25) is 0 Å². The number of para-hydroxylation sites is 2. The number of hydrazone groups is 1. The maximum atomic E-state index is 11.9. The van der Waals surface area contributed by atoms with Gasteiger partial charge in [0.05, 0.1) is 17.4 Å². The molecule has 0 saturated carbocycles. The Morgan fingerprint density at radius 2 is 1.90 bits per heavy atom. The number of amides is 1. The molecule has 0 atom stereocenters. The smallest absolute Gasteiger partial charge is 0.276 e. The molecule has 1 amide bonds. The van der Waals surface area contributed by atoms with Crippen LogP contribution in [0.4, 0.5) is 5.69 Å². The van der Waals surface area contributed by atoms with Crippen molar-refractivity contribution in [3.05, 3.63) is 60.3 Å². The third-order valence-corrected chi connectivity index (χ3v) is 3.38. The molecule has 6 heteroatoms. The second kappa shape index (κ2) is 4.45. The number of nitrogens with one attached hydrogen (secondary N) is 2. The fraction of sp³-hybridized carbons (Fsp3) is 0. The first-order valence-corrected chi connectivity index (χ1v) is 6.50. The van der Waals surface area contributed by atoms with E-state index in [2.05, 4.69) is 21.1 Å². The number of aromatic nitrogens is 2. The summed E-state index contributed by atoms with van der Waals surface area (Å²) >= 11 is 0. The van der Waals surface area contributed by atoms with Crippen LogP contribution in [0.2, 0.25) is 0 Å². The van der Waals surface area contributed by atoms with Crippen LogP contribution in [0.5, 0.6) is 0 Å². The van der Waals surface area contributed by atoms with Crippen LogP contribution in [0, 0.1) is 0 Å². The van der Waals surface area contributed by atoms with Crippen LogP contribution in [0.3, 0.4) is 0 Å². The molecule has 102 valence electrons. The van der Waals surface area contributed by atoms with Gasteiger partial charge in [0.25, 0.3) is 5.91 Å². The van der Waals surface area contributed by atoms with E-state index in [9.17, 15) is 4.79 Å². The van der Waals surface area contributed by atoms with E-state index in [-0.39, 0.29) is 5.91 Å². The Morgan fingerprint density at radius 3 is 2.86 bits per heavy atom. The molecule has 0 saturated heterocycles. The van der Waals surface area contributed by atoms with Crippen LogP contribution in [0.25, 0.3) is 10.9 Å². The summed E-state index contributed by atoms with van der Waals surface area (Å²) in [5.74, 6) is -0.222. The summed E-state index contributed by atoms with van der Waals surface area (Å²) in [4.78, 5) is 13.5. The minimum Gasteiger partial charge on any atom is -0.320 e. The molecule has 0 spiro atoms. The van der Waals surface area contributed by atoms with Crippen LogP contribution in [0.15, 0.2) is 59.8 Å². The Bertz CT molecular complexity index is 880. The summed E-state index contributed by atoms with van der Waals surface area (Å²) in [5, 5.41) is 12.2. The lowest BCUT2D eigenvalue weighted by Gasteiger charge is -2.02. The molecule has 3 aromatic rings. The number of fused-ring (bicyclic) bond motifs is 2. The number of benzene rings is 2. The first-order chi connectivity index (χ1) is 10.3. The second-order valence-electron chi connectivity index (χ2n) is 4.68. The molecule has 0 aliphatic carbocycles. The summed E-state index contributed by atoms with van der Waals surface area (Å²) in [5.41, 5.74) is 5.62. The first kappa shape index (κ1) is 11.7. The Morgan fingerprint density at radius 1 is 1.10 bits per heavy atom. The minimum absolute atomic E-state index is 0.222. The van der Waals surface area contributed by atoms with Crippen molar-refractivity contribution in [2.45, 2.75) is 0 Å². The summed E-state index contributed by atoms with van der Waals surface area (Å²) in [6, 6.07) is 15.2. The van der Waals surface area contributed by atoms with Gasteiger partial charge in [0.1, 0.15) is 0 Å². The average Bonchev–Trinajstić information content (AvgIpc) is 3.06. The second-order valence-corrected chi connectivity index (χ2v) is 4.68. The van der Waals surface area contributed by atoms with Crippen LogP contribution in [-0.4, -0.2) is 21.5 Å². The van der Waals surface area contributed by atoms with E-state index < -0.39 is 0 Å². The number of carbonyl (C=O) groups is 1. The standard InChI is InChI=1S/C15H11N5O/c21-15-14(11-6-2-3-7-12(11)17-15)18-19-20-13-8-4-1-5-10(13)9-16-20/h1-9,19H,(H,17,18,21). The predicted octanol–water partition coefficient (Wildman–Crippen LogP) is 1.94. The van der Waals surface area contributed by atoms with Gasteiger partial charge in [-0.05, 0) is 12.1 Å². The fourth-order valence-corrected chi connectivity index (χ4v) is 2.36.